The van der Waals surface area contributed by atoms with Crippen molar-refractivity contribution in [1.82, 2.24) is 25.9 Å². The van der Waals surface area contributed by atoms with Gasteiger partial charge in [0.05, 0.1) is 13.2 Å². The van der Waals surface area contributed by atoms with E-state index in [-0.39, 0.29) is 29.8 Å². The van der Waals surface area contributed by atoms with Crippen LogP contribution in [0.15, 0.2) is 30.3 Å². The topological polar surface area (TPSA) is 130 Å². The van der Waals surface area contributed by atoms with Crippen molar-refractivity contribution in [3.8, 4) is 28.7 Å². The number of benzene rings is 2. The van der Waals surface area contributed by atoms with E-state index >= 15 is 0 Å². The minimum atomic E-state index is -3.77. The van der Waals surface area contributed by atoms with Gasteiger partial charge in [-0.05, 0) is 25.1 Å². The van der Waals surface area contributed by atoms with Gasteiger partial charge in [-0.2, -0.15) is 5.21 Å². The Labute approximate surface area is 196 Å². The molecule has 35 heavy (non-hydrogen) atoms. The number of carbonyl (C=O) groups excluding carboxylic acids is 1. The molecule has 13 heteroatoms. The van der Waals surface area contributed by atoms with Crippen molar-refractivity contribution in [3.05, 3.63) is 47.3 Å². The highest BCUT2D eigenvalue weighted by Gasteiger charge is 2.49. The zero-order valence-electron chi connectivity index (χ0n) is 18.5. The van der Waals surface area contributed by atoms with Crippen LogP contribution in [0.4, 0.5) is 8.78 Å². The Morgan fingerprint density at radius 1 is 1.17 bits per heavy atom. The predicted octanol–water partition coefficient (Wildman–Crippen LogP) is 2.56. The molecule has 1 amide bonds. The number of alkyl halides is 2. The monoisotopic (exact) mass is 487 g/mol. The number of H-pyrrole nitrogens is 1. The molecule has 3 aromatic rings. The van der Waals surface area contributed by atoms with Gasteiger partial charge < -0.3 is 29.0 Å². The highest BCUT2D eigenvalue weighted by molar-refractivity contribution is 5.90. The van der Waals surface area contributed by atoms with E-state index in [4.69, 9.17) is 14.2 Å². The lowest BCUT2D eigenvalue weighted by Crippen LogP contribution is -2.46. The second-order valence-electron chi connectivity index (χ2n) is 8.63. The molecule has 182 valence electrons. The van der Waals surface area contributed by atoms with Crippen molar-refractivity contribution in [1.29, 1.82) is 0 Å². The molecule has 3 aliphatic rings. The fourth-order valence-electron chi connectivity index (χ4n) is 4.51. The normalized spacial score (nSPS) is 25.1. The Bertz CT molecular complexity index is 1320. The van der Waals surface area contributed by atoms with Gasteiger partial charge in [0.15, 0.2) is 17.6 Å². The molecule has 6 rings (SSSR count). The molecule has 0 saturated heterocycles. The number of carbonyl (C=O) groups is 1. The van der Waals surface area contributed by atoms with Gasteiger partial charge in [-0.3, -0.25) is 4.79 Å². The van der Waals surface area contributed by atoms with Crippen LogP contribution in [-0.4, -0.2) is 46.5 Å². The fourth-order valence-corrected chi connectivity index (χ4v) is 4.51. The van der Waals surface area contributed by atoms with Gasteiger partial charge in [0.1, 0.15) is 29.3 Å². The molecule has 3 aliphatic heterocycles. The number of hydrogen-bond donors (Lipinski definition) is 2. The zero-order valence-corrected chi connectivity index (χ0v) is 18.5. The van der Waals surface area contributed by atoms with Crippen LogP contribution in [0.25, 0.3) is 0 Å². The molecule has 0 spiro atoms. The summed E-state index contributed by atoms with van der Waals surface area (Å²) >= 11 is 0. The van der Waals surface area contributed by atoms with Gasteiger partial charge in [0.2, 0.25) is 11.7 Å². The summed E-state index contributed by atoms with van der Waals surface area (Å²) < 4.78 is 53.2. The maximum atomic E-state index is 13.6. The summed E-state index contributed by atoms with van der Waals surface area (Å²) in [6, 6.07) is 7.51. The molecule has 1 aromatic heterocycles. The molecule has 0 unspecified atom stereocenters. The number of rotatable bonds is 4. The van der Waals surface area contributed by atoms with Gasteiger partial charge >= 0.3 is 6.29 Å². The second kappa shape index (κ2) is 7.42. The first-order valence-electron chi connectivity index (χ1n) is 10.7. The van der Waals surface area contributed by atoms with E-state index in [9.17, 15) is 13.6 Å². The van der Waals surface area contributed by atoms with Gasteiger partial charge in [0, 0.05) is 29.7 Å². The molecule has 0 aliphatic carbocycles. The molecule has 3 atom stereocenters. The third-order valence-corrected chi connectivity index (χ3v) is 6.39. The van der Waals surface area contributed by atoms with E-state index < -0.39 is 23.9 Å². The molecular weight excluding hydrogens is 468 g/mol. The smallest absolute Gasteiger partial charge is 0.497 e. The molecule has 2 N–H and O–H groups in total. The number of aromatic amines is 1. The van der Waals surface area contributed by atoms with Crippen molar-refractivity contribution in [2.45, 2.75) is 37.2 Å². The third kappa shape index (κ3) is 3.45. The van der Waals surface area contributed by atoms with Crippen LogP contribution < -0.4 is 29.0 Å². The average molecular weight is 487 g/mol. The zero-order chi connectivity index (χ0) is 24.4. The Morgan fingerprint density at radius 3 is 2.71 bits per heavy atom. The van der Waals surface area contributed by atoms with E-state index in [1.54, 1.807) is 26.2 Å². The van der Waals surface area contributed by atoms with Crippen LogP contribution in [0.3, 0.4) is 0 Å². The standard InChI is InChI=1S/C22H19F2N5O6/c1-21(9-32-15-8-17-16(6-12(15)21)34-22(23,24)35-17)20(30)25-13-7-18(19-26-28-29-27-19)33-14-5-10(31-2)3-4-11(13)14/h3-6,8,13,18H,7,9H2,1-2H3,(H,25,30)(H,26,27,28,29)/t13-,18-,21+/m1/s1. The van der Waals surface area contributed by atoms with Crippen LogP contribution in [0.2, 0.25) is 0 Å². The van der Waals surface area contributed by atoms with Crippen molar-refractivity contribution in [2.24, 2.45) is 0 Å². The highest BCUT2D eigenvalue weighted by Crippen LogP contribution is 2.50. The Hall–Kier alpha value is -4.16. The van der Waals surface area contributed by atoms with Gasteiger partial charge in [0.25, 0.3) is 0 Å². The Balaban J connectivity index is 1.31. The minimum Gasteiger partial charge on any atom is -0.497 e. The van der Waals surface area contributed by atoms with Crippen LogP contribution in [0, 0.1) is 0 Å². The predicted molar refractivity (Wildman–Crippen MR) is 112 cm³/mol. The summed E-state index contributed by atoms with van der Waals surface area (Å²) in [5.41, 5.74) is -0.00297. The molecule has 0 bridgehead atoms. The fraction of sp³-hybridized carbons (Fsp3) is 0.364. The average Bonchev–Trinajstić information content (AvgIpc) is 3.54. The third-order valence-electron chi connectivity index (χ3n) is 6.39. The van der Waals surface area contributed by atoms with E-state index in [1.807, 2.05) is 6.07 Å². The summed E-state index contributed by atoms with van der Waals surface area (Å²) in [5.74, 6) is 1.06. The summed E-state index contributed by atoms with van der Waals surface area (Å²) in [7, 11) is 1.54. The quantitative estimate of drug-likeness (QED) is 0.570. The SMILES string of the molecule is COc1ccc2c(c1)O[C@@H](c1nn[nH]n1)C[C@H]2NC(=O)[C@@]1(C)COc2cc3c(cc21)OC(F)(F)O3. The Morgan fingerprint density at radius 2 is 1.97 bits per heavy atom. The number of halogens is 2. The number of fused-ring (bicyclic) bond motifs is 3. The van der Waals surface area contributed by atoms with Gasteiger partial charge in [-0.25, -0.2) is 0 Å². The van der Waals surface area contributed by atoms with Crippen LogP contribution in [-0.2, 0) is 10.2 Å². The lowest BCUT2D eigenvalue weighted by molar-refractivity contribution is -0.286. The largest absolute Gasteiger partial charge is 0.586 e. The molecule has 0 saturated carbocycles. The van der Waals surface area contributed by atoms with Crippen molar-refractivity contribution in [2.75, 3.05) is 13.7 Å². The maximum absolute atomic E-state index is 13.6. The number of nitrogens with one attached hydrogen (secondary N) is 2. The second-order valence-corrected chi connectivity index (χ2v) is 8.63. The molecule has 4 heterocycles. The molecule has 0 fully saturated rings. The molecule has 0 radical (unpaired) electrons. The first kappa shape index (κ1) is 21.4. The van der Waals surface area contributed by atoms with Crippen LogP contribution >= 0.6 is 0 Å². The summed E-state index contributed by atoms with van der Waals surface area (Å²) in [4.78, 5) is 13.6. The lowest BCUT2D eigenvalue weighted by Gasteiger charge is -2.33. The number of amides is 1. The van der Waals surface area contributed by atoms with E-state index in [2.05, 4.69) is 35.4 Å². The van der Waals surface area contributed by atoms with E-state index in [1.165, 1.54) is 12.1 Å². The number of aromatic nitrogens is 4. The number of ether oxygens (including phenoxy) is 5. The van der Waals surface area contributed by atoms with Gasteiger partial charge in [-0.1, -0.05) is 5.21 Å². The number of tetrazole rings is 1. The minimum absolute atomic E-state index is 0.0143. The molecular formula is C22H19F2N5O6. The molecule has 11 nitrogen and oxygen atoms in total. The first-order valence-corrected chi connectivity index (χ1v) is 10.7. The summed E-state index contributed by atoms with van der Waals surface area (Å²) in [6.07, 6.45) is -4.01. The van der Waals surface area contributed by atoms with Crippen molar-refractivity contribution in [3.63, 3.8) is 0 Å². The number of nitrogens with zero attached hydrogens (tertiary/aromatic N) is 3. The number of hydrogen-bond acceptors (Lipinski definition) is 9. The van der Waals surface area contributed by atoms with E-state index in [0.717, 1.165) is 5.56 Å². The summed E-state index contributed by atoms with van der Waals surface area (Å²) in [5, 5.41) is 17.1. The van der Waals surface area contributed by atoms with E-state index in [0.29, 0.717) is 29.3 Å². The number of methoxy groups -OCH3 is 1. The van der Waals surface area contributed by atoms with Crippen LogP contribution in [0.1, 0.15) is 42.4 Å². The van der Waals surface area contributed by atoms with Crippen LogP contribution in [0.5, 0.6) is 28.7 Å². The maximum Gasteiger partial charge on any atom is 0.586 e. The first-order chi connectivity index (χ1) is 16.8. The molecule has 2 aromatic carbocycles. The Kier molecular flexibility index (Phi) is 4.53. The van der Waals surface area contributed by atoms with Crippen molar-refractivity contribution < 1.29 is 37.3 Å². The highest BCUT2D eigenvalue weighted by atomic mass is 19.3. The summed E-state index contributed by atoms with van der Waals surface area (Å²) in [6.45, 7) is 1.69. The van der Waals surface area contributed by atoms with Crippen molar-refractivity contribution >= 4 is 5.91 Å². The van der Waals surface area contributed by atoms with Gasteiger partial charge in [-0.15, -0.1) is 19.0 Å². The lowest BCUT2D eigenvalue weighted by atomic mass is 9.82.